The average Bonchev–Trinajstić information content (AvgIpc) is 2.88. The Bertz CT molecular complexity index is 1220. The summed E-state index contributed by atoms with van der Waals surface area (Å²) < 4.78 is 15.0. The summed E-state index contributed by atoms with van der Waals surface area (Å²) >= 11 is 0. The summed E-state index contributed by atoms with van der Waals surface area (Å²) in [6, 6.07) is 12.5. The number of nitrogens with one attached hydrogen (secondary N) is 1. The van der Waals surface area contributed by atoms with Crippen LogP contribution in [0.2, 0.25) is 0 Å². The zero-order chi connectivity index (χ0) is 24.9. The molecule has 0 spiro atoms. The van der Waals surface area contributed by atoms with Gasteiger partial charge in [0.2, 0.25) is 5.91 Å². The van der Waals surface area contributed by atoms with Crippen LogP contribution in [0.15, 0.2) is 54.7 Å². The molecule has 4 rings (SSSR count). The number of aliphatic hydroxyl groups is 1. The van der Waals surface area contributed by atoms with E-state index >= 15 is 4.39 Å². The zero-order valence-electron chi connectivity index (χ0n) is 19.4. The third-order valence-electron chi connectivity index (χ3n) is 6.28. The lowest BCUT2D eigenvalue weighted by Crippen LogP contribution is -2.37. The van der Waals surface area contributed by atoms with Crippen LogP contribution in [0, 0.1) is 5.82 Å². The van der Waals surface area contributed by atoms with Crippen LogP contribution in [-0.4, -0.2) is 51.5 Å². The van der Waals surface area contributed by atoms with Gasteiger partial charge in [-0.05, 0) is 30.5 Å². The van der Waals surface area contributed by atoms with Gasteiger partial charge in [-0.1, -0.05) is 36.4 Å². The van der Waals surface area contributed by atoms with Crippen molar-refractivity contribution in [3.8, 4) is 11.3 Å². The van der Waals surface area contributed by atoms with E-state index in [1.807, 2.05) is 6.07 Å². The van der Waals surface area contributed by atoms with E-state index in [1.54, 1.807) is 48.4 Å². The van der Waals surface area contributed by atoms with Gasteiger partial charge in [0.05, 0.1) is 30.1 Å². The zero-order valence-corrected chi connectivity index (χ0v) is 19.4. The molecular formula is C26H28FN5O3. The van der Waals surface area contributed by atoms with Gasteiger partial charge in [0.25, 0.3) is 5.91 Å². The van der Waals surface area contributed by atoms with Crippen LogP contribution in [-0.2, 0) is 4.79 Å². The highest BCUT2D eigenvalue weighted by molar-refractivity contribution is 5.95. The van der Waals surface area contributed by atoms with Gasteiger partial charge in [-0.15, -0.1) is 0 Å². The Balaban J connectivity index is 1.56. The SMILES string of the molecule is CC(=O)N1CCCC(c2cnc(N)c(-c3ccc(C(=O)N[C@H](CO)c4ccccc4)c(F)c3)n2)C1. The maximum atomic E-state index is 15.0. The smallest absolute Gasteiger partial charge is 0.254 e. The third kappa shape index (κ3) is 5.46. The second-order valence-corrected chi connectivity index (χ2v) is 8.65. The highest BCUT2D eigenvalue weighted by Crippen LogP contribution is 2.30. The lowest BCUT2D eigenvalue weighted by atomic mass is 9.94. The Labute approximate surface area is 203 Å². The first-order valence-electron chi connectivity index (χ1n) is 11.5. The van der Waals surface area contributed by atoms with E-state index in [1.165, 1.54) is 12.1 Å². The molecule has 1 unspecified atom stereocenters. The lowest BCUT2D eigenvalue weighted by molar-refractivity contribution is -0.130. The normalized spacial score (nSPS) is 16.5. The Morgan fingerprint density at radius 1 is 1.26 bits per heavy atom. The summed E-state index contributed by atoms with van der Waals surface area (Å²) in [5, 5.41) is 12.4. The summed E-state index contributed by atoms with van der Waals surface area (Å²) in [4.78, 5) is 35.2. The highest BCUT2D eigenvalue weighted by atomic mass is 19.1. The largest absolute Gasteiger partial charge is 0.394 e. The minimum Gasteiger partial charge on any atom is -0.394 e. The van der Waals surface area contributed by atoms with Crippen molar-refractivity contribution in [3.63, 3.8) is 0 Å². The minimum atomic E-state index is -0.739. The van der Waals surface area contributed by atoms with Crippen LogP contribution in [0.1, 0.15) is 53.3 Å². The van der Waals surface area contributed by atoms with Crippen LogP contribution in [0.25, 0.3) is 11.3 Å². The van der Waals surface area contributed by atoms with Crippen LogP contribution in [0.5, 0.6) is 0 Å². The van der Waals surface area contributed by atoms with Gasteiger partial charge in [-0.2, -0.15) is 0 Å². The number of carbonyl (C=O) groups is 2. The highest BCUT2D eigenvalue weighted by Gasteiger charge is 2.25. The van der Waals surface area contributed by atoms with Crippen molar-refractivity contribution in [2.45, 2.75) is 31.7 Å². The predicted molar refractivity (Wildman–Crippen MR) is 130 cm³/mol. The summed E-state index contributed by atoms with van der Waals surface area (Å²) in [5.41, 5.74) is 8.02. The molecular weight excluding hydrogens is 449 g/mol. The predicted octanol–water partition coefficient (Wildman–Crippen LogP) is 3.05. The van der Waals surface area contributed by atoms with E-state index < -0.39 is 17.8 Å². The number of rotatable bonds is 6. The molecule has 1 aliphatic rings. The van der Waals surface area contributed by atoms with Crippen molar-refractivity contribution >= 4 is 17.6 Å². The van der Waals surface area contributed by atoms with E-state index in [4.69, 9.17) is 5.73 Å². The number of hydrogen-bond donors (Lipinski definition) is 3. The molecule has 1 aliphatic heterocycles. The number of halogens is 1. The first kappa shape index (κ1) is 24.3. The first-order valence-corrected chi connectivity index (χ1v) is 11.5. The Morgan fingerprint density at radius 2 is 2.03 bits per heavy atom. The average molecular weight is 478 g/mol. The number of aromatic nitrogens is 2. The van der Waals surface area contributed by atoms with Crippen molar-refractivity contribution in [2.75, 3.05) is 25.4 Å². The monoisotopic (exact) mass is 477 g/mol. The molecule has 182 valence electrons. The molecule has 0 bridgehead atoms. The summed E-state index contributed by atoms with van der Waals surface area (Å²) in [6.07, 6.45) is 3.33. The van der Waals surface area contributed by atoms with E-state index in [9.17, 15) is 14.7 Å². The summed E-state index contributed by atoms with van der Waals surface area (Å²) in [5.74, 6) is -1.20. The van der Waals surface area contributed by atoms with Crippen LogP contribution in [0.4, 0.5) is 10.2 Å². The Hall–Kier alpha value is -3.85. The standard InChI is InChI=1S/C26H28FN5O3/c1-16(34)32-11-5-8-19(14-32)22-13-29-25(28)24(30-22)18-9-10-20(21(27)12-18)26(35)31-23(15-33)17-6-3-2-4-7-17/h2-4,6-7,9-10,12-13,19,23,33H,5,8,11,14-15H2,1H3,(H2,28,29)(H,31,35)/t19?,23-/m1/s1. The van der Waals surface area contributed by atoms with E-state index in [2.05, 4.69) is 15.3 Å². The summed E-state index contributed by atoms with van der Waals surface area (Å²) in [7, 11) is 0. The molecule has 3 aromatic rings. The van der Waals surface area contributed by atoms with Crippen LogP contribution >= 0.6 is 0 Å². The van der Waals surface area contributed by atoms with Crippen molar-refractivity contribution in [1.82, 2.24) is 20.2 Å². The summed E-state index contributed by atoms with van der Waals surface area (Å²) in [6.45, 7) is 2.49. The van der Waals surface area contributed by atoms with Crippen LogP contribution in [0.3, 0.4) is 0 Å². The quantitative estimate of drug-likeness (QED) is 0.502. The molecule has 1 saturated heterocycles. The number of hydrogen-bond acceptors (Lipinski definition) is 6. The molecule has 0 aliphatic carbocycles. The number of likely N-dealkylation sites (tertiary alicyclic amines) is 1. The van der Waals surface area contributed by atoms with E-state index in [0.29, 0.717) is 29.1 Å². The van der Waals surface area contributed by atoms with Crippen molar-refractivity contribution in [2.24, 2.45) is 0 Å². The fourth-order valence-electron chi connectivity index (χ4n) is 4.33. The minimum absolute atomic E-state index is 0.0165. The maximum Gasteiger partial charge on any atom is 0.254 e. The maximum absolute atomic E-state index is 15.0. The topological polar surface area (TPSA) is 121 Å². The van der Waals surface area contributed by atoms with Crippen molar-refractivity contribution in [3.05, 3.63) is 77.4 Å². The number of benzene rings is 2. The Kier molecular flexibility index (Phi) is 7.36. The molecule has 1 fully saturated rings. The fraction of sp³-hybridized carbons (Fsp3) is 0.308. The second kappa shape index (κ2) is 10.6. The van der Waals surface area contributed by atoms with E-state index in [-0.39, 0.29) is 29.8 Å². The van der Waals surface area contributed by atoms with E-state index in [0.717, 1.165) is 19.4 Å². The molecule has 4 N–H and O–H groups in total. The van der Waals surface area contributed by atoms with Gasteiger partial charge in [0, 0.05) is 31.5 Å². The fourth-order valence-corrected chi connectivity index (χ4v) is 4.33. The molecule has 9 heteroatoms. The lowest BCUT2D eigenvalue weighted by Gasteiger charge is -2.31. The van der Waals surface area contributed by atoms with Crippen molar-refractivity contribution in [1.29, 1.82) is 0 Å². The number of anilines is 1. The number of piperidine rings is 1. The van der Waals surface area contributed by atoms with Gasteiger partial charge in [-0.3, -0.25) is 9.59 Å². The number of aliphatic hydroxyl groups excluding tert-OH is 1. The number of nitrogen functional groups attached to an aromatic ring is 1. The molecule has 8 nitrogen and oxygen atoms in total. The number of amides is 2. The molecule has 2 atom stereocenters. The van der Waals surface area contributed by atoms with Gasteiger partial charge >= 0.3 is 0 Å². The molecule has 35 heavy (non-hydrogen) atoms. The Morgan fingerprint density at radius 3 is 2.71 bits per heavy atom. The van der Waals surface area contributed by atoms with Crippen LogP contribution < -0.4 is 11.1 Å². The number of carbonyl (C=O) groups excluding carboxylic acids is 2. The van der Waals surface area contributed by atoms with Gasteiger partial charge in [-0.25, -0.2) is 14.4 Å². The molecule has 2 aromatic carbocycles. The van der Waals surface area contributed by atoms with Gasteiger partial charge in [0.15, 0.2) is 0 Å². The van der Waals surface area contributed by atoms with Gasteiger partial charge < -0.3 is 21.1 Å². The number of nitrogens with two attached hydrogens (primary N) is 1. The molecule has 2 heterocycles. The molecule has 0 radical (unpaired) electrons. The number of nitrogens with zero attached hydrogens (tertiary/aromatic N) is 3. The third-order valence-corrected chi connectivity index (χ3v) is 6.28. The molecule has 0 saturated carbocycles. The second-order valence-electron chi connectivity index (χ2n) is 8.65. The van der Waals surface area contributed by atoms with Crippen molar-refractivity contribution < 1.29 is 19.1 Å². The molecule has 2 amide bonds. The molecule has 1 aromatic heterocycles. The van der Waals surface area contributed by atoms with Gasteiger partial charge in [0.1, 0.15) is 17.3 Å². The first-order chi connectivity index (χ1) is 16.9.